The summed E-state index contributed by atoms with van der Waals surface area (Å²) in [6, 6.07) is 8.91. The monoisotopic (exact) mass is 384 g/mol. The van der Waals surface area contributed by atoms with Gasteiger partial charge in [0.05, 0.1) is 16.9 Å². The van der Waals surface area contributed by atoms with Gasteiger partial charge >= 0.3 is 5.97 Å². The van der Waals surface area contributed by atoms with E-state index in [0.29, 0.717) is 11.5 Å². The van der Waals surface area contributed by atoms with Crippen LogP contribution >= 0.6 is 31.9 Å². The minimum atomic E-state index is -0.971. The molecule has 1 aromatic carbocycles. The third-order valence-electron chi connectivity index (χ3n) is 2.51. The molecule has 98 valence electrons. The maximum atomic E-state index is 10.9. The van der Waals surface area contributed by atoms with Crippen LogP contribution in [0.5, 0.6) is 0 Å². The first-order valence-electron chi connectivity index (χ1n) is 5.40. The standard InChI is InChI=1S/C13H10Br2N2O2/c1-7-9(13(18)19)3-5-12(16-7)17-11-4-2-8(14)6-10(11)15/h2-6H,1H3,(H,16,17)(H,18,19). The summed E-state index contributed by atoms with van der Waals surface area (Å²) in [5.74, 6) is -0.369. The molecule has 2 rings (SSSR count). The molecule has 1 heterocycles. The van der Waals surface area contributed by atoms with E-state index in [0.717, 1.165) is 14.6 Å². The molecule has 0 spiro atoms. The van der Waals surface area contributed by atoms with Crippen molar-refractivity contribution in [3.8, 4) is 0 Å². The number of hydrogen-bond donors (Lipinski definition) is 2. The molecule has 1 aromatic heterocycles. The van der Waals surface area contributed by atoms with Crippen molar-refractivity contribution in [2.24, 2.45) is 0 Å². The van der Waals surface area contributed by atoms with Crippen LogP contribution in [0.3, 0.4) is 0 Å². The van der Waals surface area contributed by atoms with Gasteiger partial charge in [-0.25, -0.2) is 9.78 Å². The minimum absolute atomic E-state index is 0.209. The number of carboxylic acid groups (broad SMARTS) is 1. The average molecular weight is 386 g/mol. The molecular weight excluding hydrogens is 376 g/mol. The summed E-state index contributed by atoms with van der Waals surface area (Å²) in [5.41, 5.74) is 1.55. The summed E-state index contributed by atoms with van der Waals surface area (Å²) in [6.45, 7) is 1.67. The zero-order valence-corrected chi connectivity index (χ0v) is 13.1. The Bertz CT molecular complexity index is 645. The van der Waals surface area contributed by atoms with E-state index in [1.165, 1.54) is 0 Å². The fourth-order valence-electron chi connectivity index (χ4n) is 1.59. The van der Waals surface area contributed by atoms with Gasteiger partial charge in [0.1, 0.15) is 5.82 Å². The van der Waals surface area contributed by atoms with Crippen molar-refractivity contribution in [3.63, 3.8) is 0 Å². The van der Waals surface area contributed by atoms with Crippen LogP contribution in [-0.4, -0.2) is 16.1 Å². The molecule has 0 radical (unpaired) electrons. The van der Waals surface area contributed by atoms with E-state index < -0.39 is 5.97 Å². The molecular formula is C13H10Br2N2O2. The summed E-state index contributed by atoms with van der Waals surface area (Å²) in [6.07, 6.45) is 0. The van der Waals surface area contributed by atoms with E-state index in [4.69, 9.17) is 5.11 Å². The third-order valence-corrected chi connectivity index (χ3v) is 3.66. The molecule has 0 bridgehead atoms. The van der Waals surface area contributed by atoms with Gasteiger partial charge in [0.15, 0.2) is 0 Å². The Morgan fingerprint density at radius 1 is 1.26 bits per heavy atom. The summed E-state index contributed by atoms with van der Waals surface area (Å²) in [5, 5.41) is 12.1. The number of benzene rings is 1. The van der Waals surface area contributed by atoms with Crippen molar-refractivity contribution >= 4 is 49.3 Å². The molecule has 0 saturated heterocycles. The highest BCUT2D eigenvalue weighted by Crippen LogP contribution is 2.28. The lowest BCUT2D eigenvalue weighted by Gasteiger charge is -2.09. The predicted molar refractivity (Wildman–Crippen MR) is 81.1 cm³/mol. The van der Waals surface area contributed by atoms with Crippen molar-refractivity contribution in [1.29, 1.82) is 0 Å². The normalized spacial score (nSPS) is 10.3. The first kappa shape index (κ1) is 14.0. The van der Waals surface area contributed by atoms with Crippen LogP contribution in [0.1, 0.15) is 16.1 Å². The SMILES string of the molecule is Cc1nc(Nc2ccc(Br)cc2Br)ccc1C(=O)O. The van der Waals surface area contributed by atoms with Gasteiger partial charge in [-0.05, 0) is 53.2 Å². The number of rotatable bonds is 3. The van der Waals surface area contributed by atoms with E-state index in [1.54, 1.807) is 19.1 Å². The van der Waals surface area contributed by atoms with E-state index in [2.05, 4.69) is 42.2 Å². The molecule has 2 aromatic rings. The molecule has 0 amide bonds. The van der Waals surface area contributed by atoms with Crippen molar-refractivity contribution < 1.29 is 9.90 Å². The van der Waals surface area contributed by atoms with E-state index >= 15 is 0 Å². The summed E-state index contributed by atoms with van der Waals surface area (Å²) in [7, 11) is 0. The van der Waals surface area contributed by atoms with Crippen LogP contribution in [0.15, 0.2) is 39.3 Å². The molecule has 19 heavy (non-hydrogen) atoms. The summed E-state index contributed by atoms with van der Waals surface area (Å²) >= 11 is 6.83. The Hall–Kier alpha value is -1.40. The zero-order chi connectivity index (χ0) is 14.0. The maximum absolute atomic E-state index is 10.9. The quantitative estimate of drug-likeness (QED) is 0.824. The van der Waals surface area contributed by atoms with E-state index in [9.17, 15) is 4.79 Å². The highest BCUT2D eigenvalue weighted by atomic mass is 79.9. The molecule has 0 aliphatic rings. The van der Waals surface area contributed by atoms with Crippen LogP contribution in [0.2, 0.25) is 0 Å². The van der Waals surface area contributed by atoms with Gasteiger partial charge in [-0.1, -0.05) is 15.9 Å². The maximum Gasteiger partial charge on any atom is 0.337 e. The Labute approximate surface area is 127 Å². The molecule has 4 nitrogen and oxygen atoms in total. The number of nitrogens with one attached hydrogen (secondary N) is 1. The first-order valence-corrected chi connectivity index (χ1v) is 6.99. The highest BCUT2D eigenvalue weighted by molar-refractivity contribution is 9.11. The smallest absolute Gasteiger partial charge is 0.337 e. The topological polar surface area (TPSA) is 62.2 Å². The molecule has 0 fully saturated rings. The zero-order valence-electron chi connectivity index (χ0n) is 9.95. The number of halogens is 2. The second kappa shape index (κ2) is 5.71. The molecule has 6 heteroatoms. The van der Waals surface area contributed by atoms with Crippen LogP contribution < -0.4 is 5.32 Å². The van der Waals surface area contributed by atoms with Crippen LogP contribution in [-0.2, 0) is 0 Å². The number of carboxylic acids is 1. The Morgan fingerprint density at radius 2 is 2.00 bits per heavy atom. The number of anilines is 2. The first-order chi connectivity index (χ1) is 8.97. The van der Waals surface area contributed by atoms with Crippen LogP contribution in [0.25, 0.3) is 0 Å². The van der Waals surface area contributed by atoms with Crippen molar-refractivity contribution in [2.75, 3.05) is 5.32 Å². The van der Waals surface area contributed by atoms with Gasteiger partial charge < -0.3 is 10.4 Å². The number of pyridine rings is 1. The second-order valence-corrected chi connectivity index (χ2v) is 5.65. The van der Waals surface area contributed by atoms with Gasteiger partial charge in [-0.15, -0.1) is 0 Å². The number of hydrogen-bond acceptors (Lipinski definition) is 3. The lowest BCUT2D eigenvalue weighted by atomic mass is 10.2. The molecule has 0 aliphatic carbocycles. The number of aromatic carboxylic acids is 1. The van der Waals surface area contributed by atoms with E-state index in [-0.39, 0.29) is 5.56 Å². The van der Waals surface area contributed by atoms with Gasteiger partial charge in [-0.2, -0.15) is 0 Å². The predicted octanol–water partition coefficient (Wildman–Crippen LogP) is 4.36. The van der Waals surface area contributed by atoms with Crippen molar-refractivity contribution in [1.82, 2.24) is 4.98 Å². The third kappa shape index (κ3) is 3.33. The fourth-order valence-corrected chi connectivity index (χ4v) is 2.73. The van der Waals surface area contributed by atoms with Crippen molar-refractivity contribution in [3.05, 3.63) is 50.5 Å². The van der Waals surface area contributed by atoms with Gasteiger partial charge in [0.25, 0.3) is 0 Å². The lowest BCUT2D eigenvalue weighted by molar-refractivity contribution is 0.0695. The fraction of sp³-hybridized carbons (Fsp3) is 0.0769. The Balaban J connectivity index is 2.29. The van der Waals surface area contributed by atoms with Crippen LogP contribution in [0, 0.1) is 6.92 Å². The molecule has 0 aliphatic heterocycles. The highest BCUT2D eigenvalue weighted by Gasteiger charge is 2.09. The average Bonchev–Trinajstić information content (AvgIpc) is 2.32. The number of nitrogens with zero attached hydrogens (tertiary/aromatic N) is 1. The van der Waals surface area contributed by atoms with Crippen molar-refractivity contribution in [2.45, 2.75) is 6.92 Å². The Morgan fingerprint density at radius 3 is 2.58 bits per heavy atom. The lowest BCUT2D eigenvalue weighted by Crippen LogP contribution is -2.03. The molecule has 0 saturated carbocycles. The summed E-state index contributed by atoms with van der Waals surface area (Å²) < 4.78 is 1.86. The largest absolute Gasteiger partial charge is 0.478 e. The molecule has 0 unspecified atom stereocenters. The summed E-state index contributed by atoms with van der Waals surface area (Å²) in [4.78, 5) is 15.1. The minimum Gasteiger partial charge on any atom is -0.478 e. The second-order valence-electron chi connectivity index (χ2n) is 3.88. The molecule has 2 N–H and O–H groups in total. The van der Waals surface area contributed by atoms with Crippen LogP contribution in [0.4, 0.5) is 11.5 Å². The van der Waals surface area contributed by atoms with Gasteiger partial charge in [0, 0.05) is 8.95 Å². The number of aromatic nitrogens is 1. The van der Waals surface area contributed by atoms with E-state index in [1.807, 2.05) is 18.2 Å². The molecule has 0 atom stereocenters. The van der Waals surface area contributed by atoms with Gasteiger partial charge in [-0.3, -0.25) is 0 Å². The number of aryl methyl sites for hydroxylation is 1. The number of carbonyl (C=O) groups is 1. The Kier molecular flexibility index (Phi) is 4.21. The van der Waals surface area contributed by atoms with Gasteiger partial charge in [0.2, 0.25) is 0 Å².